The summed E-state index contributed by atoms with van der Waals surface area (Å²) in [5.74, 6) is 1.61. The molecule has 1 aliphatic carbocycles. The van der Waals surface area contributed by atoms with E-state index in [-0.39, 0.29) is 0 Å². The van der Waals surface area contributed by atoms with Crippen LogP contribution in [0.15, 0.2) is 107 Å². The third-order valence-electron chi connectivity index (χ3n) is 5.88. The molecular weight excluding hydrogens is 378 g/mol. The van der Waals surface area contributed by atoms with Crippen LogP contribution in [0.25, 0.3) is 16.3 Å². The Hall–Kier alpha value is -3.98. The van der Waals surface area contributed by atoms with E-state index in [1.165, 1.54) is 11.0 Å². The average Bonchev–Trinajstić information content (AvgIpc) is 3.40. The van der Waals surface area contributed by atoms with Gasteiger partial charge in [0.25, 0.3) is 0 Å². The van der Waals surface area contributed by atoms with Gasteiger partial charge < -0.3 is 4.98 Å². The summed E-state index contributed by atoms with van der Waals surface area (Å²) in [5, 5.41) is 2.31. The van der Waals surface area contributed by atoms with Gasteiger partial charge in [-0.2, -0.15) is 0 Å². The largest absolute Gasteiger partial charge is 0.339 e. The monoisotopic (exact) mass is 399 g/mol. The molecule has 0 bridgehead atoms. The molecule has 6 rings (SSSR count). The summed E-state index contributed by atoms with van der Waals surface area (Å²) in [6.07, 6.45) is 8.91. The number of nitrogens with one attached hydrogen (secondary N) is 1. The molecule has 3 heteroatoms. The van der Waals surface area contributed by atoms with Gasteiger partial charge in [-0.15, -0.1) is 0 Å². The summed E-state index contributed by atoms with van der Waals surface area (Å²) in [6.45, 7) is 0. The molecule has 2 aliphatic rings. The third-order valence-corrected chi connectivity index (χ3v) is 5.88. The van der Waals surface area contributed by atoms with Crippen LogP contribution in [0.4, 0.5) is 5.82 Å². The molecule has 0 saturated heterocycles. The van der Waals surface area contributed by atoms with Gasteiger partial charge >= 0.3 is 0 Å². The smallest absolute Gasteiger partial charge is 0.162 e. The van der Waals surface area contributed by atoms with Crippen molar-refractivity contribution in [2.75, 3.05) is 0 Å². The fourth-order valence-corrected chi connectivity index (χ4v) is 4.39. The molecule has 0 atom stereocenters. The molecule has 1 aromatic heterocycles. The van der Waals surface area contributed by atoms with Crippen LogP contribution in [-0.2, 0) is 0 Å². The van der Waals surface area contributed by atoms with E-state index < -0.39 is 0 Å². The first-order valence-corrected chi connectivity index (χ1v) is 10.7. The number of hydrogen-bond acceptors (Lipinski definition) is 1. The van der Waals surface area contributed by atoms with Gasteiger partial charge in [-0.3, -0.25) is 0 Å². The van der Waals surface area contributed by atoms with E-state index >= 15 is 0 Å². The van der Waals surface area contributed by atoms with E-state index in [1.807, 2.05) is 24.3 Å². The van der Waals surface area contributed by atoms with Gasteiger partial charge in [0.1, 0.15) is 5.82 Å². The molecule has 0 spiro atoms. The molecule has 1 aliphatic heterocycles. The molecule has 2 heterocycles. The zero-order valence-corrected chi connectivity index (χ0v) is 17.0. The number of hydrogen-bond donors (Lipinski definition) is 1. The highest BCUT2D eigenvalue weighted by Gasteiger charge is 2.23. The zero-order chi connectivity index (χ0) is 20.6. The standard InChI is InChI=1S/C28H21N3/c1-3-11-19(12-4-1)25-21-15-7-9-17-23(21)27(29-25)31-28-24-18-10-8-16-22(24)26(30-28)20-13-5-2-6-14-20/h1,3-5,7-18,30H,2,6H2. The number of aliphatic imine (C=N–C) groups is 2. The predicted octanol–water partition coefficient (Wildman–Crippen LogP) is 6.83. The van der Waals surface area contributed by atoms with Crippen LogP contribution < -0.4 is 0 Å². The second-order valence-electron chi connectivity index (χ2n) is 7.84. The maximum absolute atomic E-state index is 5.04. The number of fused-ring (bicyclic) bond motifs is 2. The third kappa shape index (κ3) is 3.06. The number of aromatic amines is 1. The maximum Gasteiger partial charge on any atom is 0.162 e. The number of allylic oxidation sites excluding steroid dienone is 4. The Morgan fingerprint density at radius 2 is 1.48 bits per heavy atom. The Balaban J connectivity index is 1.53. The number of rotatable bonds is 3. The lowest BCUT2D eigenvalue weighted by Gasteiger charge is -2.05. The van der Waals surface area contributed by atoms with Crippen LogP contribution in [0.2, 0.25) is 0 Å². The fourth-order valence-electron chi connectivity index (χ4n) is 4.39. The molecule has 1 N–H and O–H groups in total. The van der Waals surface area contributed by atoms with Gasteiger partial charge in [0, 0.05) is 27.5 Å². The summed E-state index contributed by atoms with van der Waals surface area (Å²) < 4.78 is 0. The Bertz CT molecular complexity index is 1420. The van der Waals surface area contributed by atoms with E-state index in [2.05, 4.69) is 77.8 Å². The molecule has 148 valence electrons. The Labute approximate surface area is 181 Å². The molecule has 31 heavy (non-hydrogen) atoms. The lowest BCUT2D eigenvalue weighted by molar-refractivity contribution is 1.04. The first-order chi connectivity index (χ1) is 15.4. The van der Waals surface area contributed by atoms with Crippen LogP contribution >= 0.6 is 0 Å². The molecule has 4 aromatic rings. The molecule has 3 aromatic carbocycles. The van der Waals surface area contributed by atoms with Gasteiger partial charge in [0.2, 0.25) is 0 Å². The highest BCUT2D eigenvalue weighted by molar-refractivity contribution is 6.29. The maximum atomic E-state index is 5.04. The van der Waals surface area contributed by atoms with Gasteiger partial charge in [-0.1, -0.05) is 97.1 Å². The van der Waals surface area contributed by atoms with E-state index in [0.29, 0.717) is 0 Å². The number of amidine groups is 1. The van der Waals surface area contributed by atoms with Crippen molar-refractivity contribution in [3.8, 4) is 0 Å². The first-order valence-electron chi connectivity index (χ1n) is 10.7. The molecule has 3 nitrogen and oxygen atoms in total. The van der Waals surface area contributed by atoms with Gasteiger partial charge in [0.05, 0.1) is 11.4 Å². The Morgan fingerprint density at radius 1 is 0.742 bits per heavy atom. The van der Waals surface area contributed by atoms with Crippen LogP contribution in [0.1, 0.15) is 35.2 Å². The number of H-pyrrole nitrogens is 1. The van der Waals surface area contributed by atoms with E-state index in [0.717, 1.165) is 58.0 Å². The second kappa shape index (κ2) is 7.37. The fraction of sp³-hybridized carbons (Fsp3) is 0.0714. The Kier molecular flexibility index (Phi) is 4.24. The van der Waals surface area contributed by atoms with Crippen molar-refractivity contribution < 1.29 is 0 Å². The van der Waals surface area contributed by atoms with Crippen molar-refractivity contribution in [3.63, 3.8) is 0 Å². The lowest BCUT2D eigenvalue weighted by Crippen LogP contribution is -1.99. The number of aromatic nitrogens is 1. The van der Waals surface area contributed by atoms with Crippen LogP contribution in [0.5, 0.6) is 0 Å². The summed E-state index contributed by atoms with van der Waals surface area (Å²) in [6, 6.07) is 27.1. The minimum Gasteiger partial charge on any atom is -0.339 e. The highest BCUT2D eigenvalue weighted by Crippen LogP contribution is 2.35. The van der Waals surface area contributed by atoms with Crippen molar-refractivity contribution in [1.29, 1.82) is 0 Å². The number of benzene rings is 3. The minimum atomic E-state index is 0.751. The predicted molar refractivity (Wildman–Crippen MR) is 129 cm³/mol. The van der Waals surface area contributed by atoms with Crippen LogP contribution in [-0.4, -0.2) is 16.5 Å². The van der Waals surface area contributed by atoms with Crippen molar-refractivity contribution in [2.45, 2.75) is 12.8 Å². The van der Waals surface area contributed by atoms with Crippen molar-refractivity contribution in [3.05, 3.63) is 119 Å². The molecule has 0 amide bonds. The van der Waals surface area contributed by atoms with Gasteiger partial charge in [-0.05, 0) is 18.4 Å². The van der Waals surface area contributed by atoms with E-state index in [1.54, 1.807) is 0 Å². The molecule has 0 unspecified atom stereocenters. The van der Waals surface area contributed by atoms with Crippen molar-refractivity contribution in [2.24, 2.45) is 9.98 Å². The molecule has 0 saturated carbocycles. The Morgan fingerprint density at radius 3 is 2.29 bits per heavy atom. The van der Waals surface area contributed by atoms with E-state index in [4.69, 9.17) is 9.98 Å². The summed E-state index contributed by atoms with van der Waals surface area (Å²) in [5.41, 5.74) is 6.64. The molecule has 0 radical (unpaired) electrons. The summed E-state index contributed by atoms with van der Waals surface area (Å²) in [7, 11) is 0. The highest BCUT2D eigenvalue weighted by atomic mass is 15.0. The van der Waals surface area contributed by atoms with Crippen LogP contribution in [0, 0.1) is 0 Å². The zero-order valence-electron chi connectivity index (χ0n) is 17.0. The minimum absolute atomic E-state index is 0.751. The molecule has 0 fully saturated rings. The van der Waals surface area contributed by atoms with Crippen LogP contribution in [0.3, 0.4) is 0 Å². The summed E-state index contributed by atoms with van der Waals surface area (Å²) >= 11 is 0. The first kappa shape index (κ1) is 17.8. The SMILES string of the molecule is C1=CC(c2[nH]c(N=C3N=C(c4ccccc4)c4ccccc43)c3ccccc23)=CCC1. The average molecular weight is 399 g/mol. The number of nitrogens with zero attached hydrogens (tertiary/aromatic N) is 2. The normalized spacial score (nSPS) is 16.5. The van der Waals surface area contributed by atoms with Crippen molar-refractivity contribution >= 4 is 33.7 Å². The summed E-state index contributed by atoms with van der Waals surface area (Å²) in [4.78, 5) is 13.6. The quantitative estimate of drug-likeness (QED) is 0.392. The molecular formula is C28H21N3. The second-order valence-corrected chi connectivity index (χ2v) is 7.84. The topological polar surface area (TPSA) is 40.5 Å². The van der Waals surface area contributed by atoms with Crippen molar-refractivity contribution in [1.82, 2.24) is 4.98 Å². The van der Waals surface area contributed by atoms with E-state index in [9.17, 15) is 0 Å². The van der Waals surface area contributed by atoms with Gasteiger partial charge in [-0.25, -0.2) is 9.98 Å². The van der Waals surface area contributed by atoms with Gasteiger partial charge in [0.15, 0.2) is 5.84 Å². The lowest BCUT2D eigenvalue weighted by atomic mass is 10.0.